The van der Waals surface area contributed by atoms with Crippen LogP contribution in [0.15, 0.2) is 24.3 Å². The predicted molar refractivity (Wildman–Crippen MR) is 75.8 cm³/mol. The summed E-state index contributed by atoms with van der Waals surface area (Å²) in [6.07, 6.45) is 1.97. The number of anilines is 1. The molecule has 0 spiro atoms. The highest BCUT2D eigenvalue weighted by Crippen LogP contribution is 2.18. The largest absolute Gasteiger partial charge is 0.497 e. The van der Waals surface area contributed by atoms with E-state index >= 15 is 0 Å². The zero-order valence-corrected chi connectivity index (χ0v) is 11.6. The number of carbonyl (C=O) groups is 2. The minimum Gasteiger partial charge on any atom is -0.497 e. The van der Waals surface area contributed by atoms with Crippen LogP contribution in [-0.2, 0) is 4.79 Å². The van der Waals surface area contributed by atoms with E-state index in [9.17, 15) is 9.59 Å². The molecule has 1 aliphatic carbocycles. The first-order chi connectivity index (χ1) is 9.58. The maximum absolute atomic E-state index is 11.8. The maximum atomic E-state index is 11.8. The Bertz CT molecular complexity index is 483. The van der Waals surface area contributed by atoms with Gasteiger partial charge in [0.1, 0.15) is 11.8 Å². The van der Waals surface area contributed by atoms with E-state index in [1.807, 2.05) is 12.1 Å². The fourth-order valence-electron chi connectivity index (χ4n) is 1.67. The lowest BCUT2D eigenvalue weighted by Gasteiger charge is -2.15. The predicted octanol–water partition coefficient (Wildman–Crippen LogP) is 1.48. The third-order valence-electron chi connectivity index (χ3n) is 3.02. The number of urea groups is 1. The lowest BCUT2D eigenvalue weighted by Crippen LogP contribution is -2.46. The van der Waals surface area contributed by atoms with Crippen LogP contribution in [0.2, 0.25) is 0 Å². The van der Waals surface area contributed by atoms with Crippen molar-refractivity contribution in [3.05, 3.63) is 24.3 Å². The Hall–Kier alpha value is -2.24. The summed E-state index contributed by atoms with van der Waals surface area (Å²) >= 11 is 0. The van der Waals surface area contributed by atoms with Gasteiger partial charge < -0.3 is 15.4 Å². The Balaban J connectivity index is 1.81. The number of carbonyl (C=O) groups excluding carboxylic acids is 2. The highest BCUT2D eigenvalue weighted by atomic mass is 16.5. The number of benzene rings is 1. The Morgan fingerprint density at radius 3 is 2.45 bits per heavy atom. The standard InChI is InChI=1S/C14H19N3O3/c1-9(13(18)17-14(19)16-11-3-4-11)15-10-5-7-12(20-2)8-6-10/h5-9,11,15H,3-4H2,1-2H3,(H2,16,17,18,19). The minimum atomic E-state index is -0.506. The van der Waals surface area contributed by atoms with Gasteiger partial charge in [-0.1, -0.05) is 0 Å². The summed E-state index contributed by atoms with van der Waals surface area (Å²) in [4.78, 5) is 23.3. The van der Waals surface area contributed by atoms with Gasteiger partial charge in [-0.3, -0.25) is 10.1 Å². The van der Waals surface area contributed by atoms with Crippen LogP contribution in [0.3, 0.4) is 0 Å². The average molecular weight is 277 g/mol. The Labute approximate surface area is 117 Å². The first-order valence-corrected chi connectivity index (χ1v) is 6.60. The van der Waals surface area contributed by atoms with Crippen LogP contribution < -0.4 is 20.7 Å². The fraction of sp³-hybridized carbons (Fsp3) is 0.429. The van der Waals surface area contributed by atoms with Gasteiger partial charge in [-0.25, -0.2) is 4.79 Å². The van der Waals surface area contributed by atoms with Gasteiger partial charge in [-0.05, 0) is 44.0 Å². The van der Waals surface area contributed by atoms with Crippen LogP contribution in [0.1, 0.15) is 19.8 Å². The molecule has 3 amide bonds. The van der Waals surface area contributed by atoms with Gasteiger partial charge in [0.25, 0.3) is 0 Å². The summed E-state index contributed by atoms with van der Waals surface area (Å²) < 4.78 is 5.06. The summed E-state index contributed by atoms with van der Waals surface area (Å²) in [5.41, 5.74) is 0.788. The molecule has 0 aromatic heterocycles. The second kappa shape index (κ2) is 6.27. The summed E-state index contributed by atoms with van der Waals surface area (Å²) in [6, 6.07) is 6.51. The monoisotopic (exact) mass is 277 g/mol. The Kier molecular flexibility index (Phi) is 4.45. The van der Waals surface area contributed by atoms with Crippen LogP contribution in [0.4, 0.5) is 10.5 Å². The number of nitrogens with one attached hydrogen (secondary N) is 3. The number of imide groups is 1. The number of hydrogen-bond acceptors (Lipinski definition) is 4. The van der Waals surface area contributed by atoms with Crippen molar-refractivity contribution in [3.8, 4) is 5.75 Å². The van der Waals surface area contributed by atoms with E-state index in [2.05, 4.69) is 16.0 Å². The average Bonchev–Trinajstić information content (AvgIpc) is 3.23. The molecular formula is C14H19N3O3. The Morgan fingerprint density at radius 1 is 1.25 bits per heavy atom. The van der Waals surface area contributed by atoms with Crippen LogP contribution in [0.25, 0.3) is 0 Å². The van der Waals surface area contributed by atoms with E-state index in [-0.39, 0.29) is 11.9 Å². The van der Waals surface area contributed by atoms with Crippen molar-refractivity contribution in [2.75, 3.05) is 12.4 Å². The third-order valence-corrected chi connectivity index (χ3v) is 3.02. The molecule has 1 saturated carbocycles. The molecule has 1 aromatic rings. The van der Waals surface area contributed by atoms with E-state index in [4.69, 9.17) is 4.74 Å². The molecule has 0 bridgehead atoms. The fourth-order valence-corrected chi connectivity index (χ4v) is 1.67. The molecule has 6 nitrogen and oxygen atoms in total. The van der Waals surface area contributed by atoms with Crippen LogP contribution in [0, 0.1) is 0 Å². The normalized spacial score (nSPS) is 15.1. The molecule has 3 N–H and O–H groups in total. The first kappa shape index (κ1) is 14.2. The molecule has 0 aliphatic heterocycles. The van der Waals surface area contributed by atoms with Crippen molar-refractivity contribution in [1.82, 2.24) is 10.6 Å². The van der Waals surface area contributed by atoms with Crippen LogP contribution in [0.5, 0.6) is 5.75 Å². The molecule has 0 radical (unpaired) electrons. The van der Waals surface area contributed by atoms with E-state index < -0.39 is 12.1 Å². The molecule has 6 heteroatoms. The maximum Gasteiger partial charge on any atom is 0.321 e. The molecule has 1 fully saturated rings. The lowest BCUT2D eigenvalue weighted by molar-refractivity contribution is -0.120. The summed E-state index contributed by atoms with van der Waals surface area (Å²) in [6.45, 7) is 1.70. The van der Waals surface area contributed by atoms with Gasteiger partial charge in [0.05, 0.1) is 7.11 Å². The molecule has 0 saturated heterocycles. The van der Waals surface area contributed by atoms with E-state index in [1.54, 1.807) is 26.2 Å². The molecule has 1 aliphatic rings. The molecular weight excluding hydrogens is 258 g/mol. The molecule has 2 rings (SSSR count). The molecule has 20 heavy (non-hydrogen) atoms. The van der Waals surface area contributed by atoms with Crippen molar-refractivity contribution >= 4 is 17.6 Å². The van der Waals surface area contributed by atoms with Crippen molar-refractivity contribution < 1.29 is 14.3 Å². The van der Waals surface area contributed by atoms with E-state index in [0.717, 1.165) is 24.3 Å². The molecule has 1 unspecified atom stereocenters. The topological polar surface area (TPSA) is 79.5 Å². The second-order valence-corrected chi connectivity index (χ2v) is 4.83. The second-order valence-electron chi connectivity index (χ2n) is 4.83. The number of hydrogen-bond donors (Lipinski definition) is 3. The molecule has 0 heterocycles. The molecule has 108 valence electrons. The summed E-state index contributed by atoms with van der Waals surface area (Å²) in [5.74, 6) is 0.385. The van der Waals surface area contributed by atoms with Crippen LogP contribution >= 0.6 is 0 Å². The zero-order chi connectivity index (χ0) is 14.5. The summed E-state index contributed by atoms with van der Waals surface area (Å²) in [7, 11) is 1.59. The lowest BCUT2D eigenvalue weighted by atomic mass is 10.2. The van der Waals surface area contributed by atoms with Gasteiger partial charge in [-0.15, -0.1) is 0 Å². The van der Waals surface area contributed by atoms with Gasteiger partial charge in [0.15, 0.2) is 0 Å². The van der Waals surface area contributed by atoms with E-state index in [1.165, 1.54) is 0 Å². The van der Waals surface area contributed by atoms with Crippen molar-refractivity contribution in [3.63, 3.8) is 0 Å². The molecule has 1 aromatic carbocycles. The van der Waals surface area contributed by atoms with Gasteiger partial charge in [-0.2, -0.15) is 0 Å². The minimum absolute atomic E-state index is 0.229. The van der Waals surface area contributed by atoms with Crippen molar-refractivity contribution in [2.24, 2.45) is 0 Å². The van der Waals surface area contributed by atoms with Crippen molar-refractivity contribution in [1.29, 1.82) is 0 Å². The molecule has 1 atom stereocenters. The number of rotatable bonds is 5. The van der Waals surface area contributed by atoms with Crippen molar-refractivity contribution in [2.45, 2.75) is 31.8 Å². The SMILES string of the molecule is COc1ccc(NC(C)C(=O)NC(=O)NC2CC2)cc1. The van der Waals surface area contributed by atoms with Gasteiger partial charge in [0.2, 0.25) is 5.91 Å². The number of methoxy groups -OCH3 is 1. The summed E-state index contributed by atoms with van der Waals surface area (Å²) in [5, 5.41) is 8.04. The quantitative estimate of drug-likeness (QED) is 0.761. The van der Waals surface area contributed by atoms with Gasteiger partial charge >= 0.3 is 6.03 Å². The zero-order valence-electron chi connectivity index (χ0n) is 11.6. The van der Waals surface area contributed by atoms with E-state index in [0.29, 0.717) is 0 Å². The highest BCUT2D eigenvalue weighted by Gasteiger charge is 2.24. The smallest absolute Gasteiger partial charge is 0.321 e. The first-order valence-electron chi connectivity index (χ1n) is 6.60. The van der Waals surface area contributed by atoms with Gasteiger partial charge in [0, 0.05) is 11.7 Å². The third kappa shape index (κ3) is 4.15. The number of ether oxygens (including phenoxy) is 1. The number of amides is 3. The van der Waals surface area contributed by atoms with Crippen LogP contribution in [-0.4, -0.2) is 31.1 Å². The highest BCUT2D eigenvalue weighted by molar-refractivity contribution is 5.98. The Morgan fingerprint density at radius 2 is 1.90 bits per heavy atom.